The van der Waals surface area contributed by atoms with Gasteiger partial charge in [-0.1, -0.05) is 0 Å². The van der Waals surface area contributed by atoms with Crippen LogP contribution in [0.5, 0.6) is 17.2 Å². The zero-order valence-corrected chi connectivity index (χ0v) is 10.6. The molecule has 7 heteroatoms. The molecule has 0 unspecified atom stereocenters. The third-order valence-corrected chi connectivity index (χ3v) is 2.61. The van der Waals surface area contributed by atoms with Crippen LogP contribution < -0.4 is 14.2 Å². The van der Waals surface area contributed by atoms with Gasteiger partial charge in [-0.05, 0) is 0 Å². The van der Waals surface area contributed by atoms with Crippen molar-refractivity contribution < 1.29 is 33.6 Å². The van der Waals surface area contributed by atoms with Crippen LogP contribution in [-0.4, -0.2) is 38.9 Å². The van der Waals surface area contributed by atoms with Crippen molar-refractivity contribution in [3.8, 4) is 17.2 Å². The van der Waals surface area contributed by atoms with E-state index < -0.39 is 12.6 Å². The molecule has 0 aromatic heterocycles. The molecule has 0 amide bonds. The zero-order valence-electron chi connectivity index (χ0n) is 10.6. The lowest BCUT2D eigenvalue weighted by molar-refractivity contribution is 0.0460. The summed E-state index contributed by atoms with van der Waals surface area (Å²) < 4.78 is 25.3. The predicted octanol–water partition coefficient (Wildman–Crippen LogP) is 0.677. The molecular weight excluding hydrogens is 256 g/mol. The number of carbonyl (C=O) groups excluding carboxylic acids is 1. The number of aliphatic hydroxyl groups is 1. The quantitative estimate of drug-likeness (QED) is 0.622. The molecule has 104 valence electrons. The lowest BCUT2D eigenvalue weighted by Crippen LogP contribution is -2.11. The summed E-state index contributed by atoms with van der Waals surface area (Å²) in [6.07, 6.45) is 0. The molecular formula is C12H14O7. The summed E-state index contributed by atoms with van der Waals surface area (Å²) in [4.78, 5) is 11.8. The zero-order chi connectivity index (χ0) is 13.8. The van der Waals surface area contributed by atoms with E-state index in [1.807, 2.05) is 0 Å². The summed E-state index contributed by atoms with van der Waals surface area (Å²) in [5.41, 5.74) is 0.374. The molecule has 1 aliphatic heterocycles. The molecule has 0 saturated heterocycles. The lowest BCUT2D eigenvalue weighted by Gasteiger charge is -2.14. The maximum atomic E-state index is 11.8. The fourth-order valence-electron chi connectivity index (χ4n) is 1.80. The SMILES string of the molecule is COCOc1cc2c(c(CO)c1C(=O)OC)OCO2. The number of benzene rings is 1. The highest BCUT2D eigenvalue weighted by atomic mass is 16.7. The van der Waals surface area contributed by atoms with Crippen LogP contribution in [-0.2, 0) is 16.1 Å². The monoisotopic (exact) mass is 270 g/mol. The van der Waals surface area contributed by atoms with E-state index in [-0.39, 0.29) is 30.5 Å². The second kappa shape index (κ2) is 5.77. The summed E-state index contributed by atoms with van der Waals surface area (Å²) in [7, 11) is 2.70. The highest BCUT2D eigenvalue weighted by Gasteiger charge is 2.28. The van der Waals surface area contributed by atoms with Crippen LogP contribution in [0.3, 0.4) is 0 Å². The van der Waals surface area contributed by atoms with Gasteiger partial charge in [0.1, 0.15) is 11.3 Å². The standard InChI is InChI=1S/C12H14O7/c1-15-5-17-8-3-9-11(19-6-18-9)7(4-13)10(8)12(14)16-2/h3,13H,4-6H2,1-2H3. The molecule has 0 bridgehead atoms. The number of hydrogen-bond donors (Lipinski definition) is 1. The second-order valence-corrected chi connectivity index (χ2v) is 3.66. The maximum Gasteiger partial charge on any atom is 0.342 e. The number of fused-ring (bicyclic) bond motifs is 1. The van der Waals surface area contributed by atoms with E-state index in [1.165, 1.54) is 20.3 Å². The Bertz CT molecular complexity index is 483. The van der Waals surface area contributed by atoms with Crippen LogP contribution >= 0.6 is 0 Å². The third kappa shape index (κ3) is 2.42. The molecule has 0 fully saturated rings. The minimum absolute atomic E-state index is 0.0245. The van der Waals surface area contributed by atoms with E-state index in [9.17, 15) is 9.90 Å². The van der Waals surface area contributed by atoms with Crippen LogP contribution in [0.25, 0.3) is 0 Å². The number of ether oxygens (including phenoxy) is 5. The molecule has 19 heavy (non-hydrogen) atoms. The molecule has 1 heterocycles. The number of carbonyl (C=O) groups is 1. The molecule has 2 rings (SSSR count). The van der Waals surface area contributed by atoms with Gasteiger partial charge in [0.15, 0.2) is 18.3 Å². The van der Waals surface area contributed by atoms with Gasteiger partial charge in [-0.3, -0.25) is 0 Å². The Balaban J connectivity index is 2.54. The van der Waals surface area contributed by atoms with E-state index in [4.69, 9.17) is 23.7 Å². The summed E-state index contributed by atoms with van der Waals surface area (Å²) in [5.74, 6) is 0.311. The Morgan fingerprint density at radius 2 is 2.21 bits per heavy atom. The fourth-order valence-corrected chi connectivity index (χ4v) is 1.80. The van der Waals surface area contributed by atoms with Crippen molar-refractivity contribution in [1.29, 1.82) is 0 Å². The first-order valence-electron chi connectivity index (χ1n) is 5.49. The first kappa shape index (κ1) is 13.4. The molecule has 1 aliphatic rings. The van der Waals surface area contributed by atoms with Crippen molar-refractivity contribution in [2.75, 3.05) is 27.8 Å². The van der Waals surface area contributed by atoms with Crippen LogP contribution in [0.1, 0.15) is 15.9 Å². The summed E-state index contributed by atoms with van der Waals surface area (Å²) in [6.45, 7) is -0.425. The summed E-state index contributed by atoms with van der Waals surface area (Å²) in [5, 5.41) is 9.45. The lowest BCUT2D eigenvalue weighted by atomic mass is 10.0. The minimum atomic E-state index is -0.631. The van der Waals surface area contributed by atoms with Gasteiger partial charge in [0.05, 0.1) is 13.7 Å². The molecule has 7 nitrogen and oxygen atoms in total. The van der Waals surface area contributed by atoms with Crippen molar-refractivity contribution in [3.05, 3.63) is 17.2 Å². The molecule has 0 aliphatic carbocycles. The van der Waals surface area contributed by atoms with Gasteiger partial charge in [-0.15, -0.1) is 0 Å². The normalized spacial score (nSPS) is 12.4. The Labute approximate surface area is 109 Å². The Morgan fingerprint density at radius 3 is 2.84 bits per heavy atom. The number of methoxy groups -OCH3 is 2. The van der Waals surface area contributed by atoms with E-state index in [2.05, 4.69) is 0 Å². The van der Waals surface area contributed by atoms with Crippen molar-refractivity contribution in [1.82, 2.24) is 0 Å². The Morgan fingerprint density at radius 1 is 1.42 bits per heavy atom. The molecule has 0 saturated carbocycles. The Hall–Kier alpha value is -1.99. The van der Waals surface area contributed by atoms with E-state index in [1.54, 1.807) is 0 Å². The van der Waals surface area contributed by atoms with Gasteiger partial charge >= 0.3 is 5.97 Å². The fraction of sp³-hybridized carbons (Fsp3) is 0.417. The van der Waals surface area contributed by atoms with Gasteiger partial charge < -0.3 is 28.8 Å². The highest BCUT2D eigenvalue weighted by Crippen LogP contribution is 2.42. The van der Waals surface area contributed by atoms with E-state index in [0.717, 1.165) is 0 Å². The second-order valence-electron chi connectivity index (χ2n) is 3.66. The van der Waals surface area contributed by atoms with Crippen LogP contribution in [0.4, 0.5) is 0 Å². The molecule has 0 spiro atoms. The third-order valence-electron chi connectivity index (χ3n) is 2.61. The number of rotatable bonds is 5. The molecule has 1 N–H and O–H groups in total. The van der Waals surface area contributed by atoms with Crippen molar-refractivity contribution >= 4 is 5.97 Å². The Kier molecular flexibility index (Phi) is 4.08. The number of hydrogen-bond acceptors (Lipinski definition) is 7. The summed E-state index contributed by atoms with van der Waals surface area (Å²) >= 11 is 0. The number of esters is 1. The van der Waals surface area contributed by atoms with Gasteiger partial charge in [0.25, 0.3) is 0 Å². The average Bonchev–Trinajstić information content (AvgIpc) is 2.90. The predicted molar refractivity (Wildman–Crippen MR) is 62.3 cm³/mol. The average molecular weight is 270 g/mol. The van der Waals surface area contributed by atoms with Gasteiger partial charge in [-0.25, -0.2) is 4.79 Å². The molecule has 0 atom stereocenters. The summed E-state index contributed by atoms with van der Waals surface area (Å²) in [6, 6.07) is 1.51. The van der Waals surface area contributed by atoms with Crippen LogP contribution in [0.15, 0.2) is 6.07 Å². The number of aliphatic hydroxyl groups excluding tert-OH is 1. The smallest absolute Gasteiger partial charge is 0.342 e. The topological polar surface area (TPSA) is 83.5 Å². The largest absolute Gasteiger partial charge is 0.466 e. The van der Waals surface area contributed by atoms with Gasteiger partial charge in [0, 0.05) is 18.7 Å². The van der Waals surface area contributed by atoms with E-state index >= 15 is 0 Å². The molecule has 1 aromatic rings. The molecule has 1 aromatic carbocycles. The highest BCUT2D eigenvalue weighted by molar-refractivity contribution is 5.95. The van der Waals surface area contributed by atoms with Crippen molar-refractivity contribution in [2.45, 2.75) is 6.61 Å². The molecule has 0 radical (unpaired) electrons. The van der Waals surface area contributed by atoms with Crippen molar-refractivity contribution in [2.24, 2.45) is 0 Å². The van der Waals surface area contributed by atoms with Crippen LogP contribution in [0.2, 0.25) is 0 Å². The first-order valence-corrected chi connectivity index (χ1v) is 5.49. The van der Waals surface area contributed by atoms with Crippen molar-refractivity contribution in [3.63, 3.8) is 0 Å². The maximum absolute atomic E-state index is 11.8. The first-order chi connectivity index (χ1) is 9.22. The van der Waals surface area contributed by atoms with E-state index in [0.29, 0.717) is 11.5 Å². The van der Waals surface area contributed by atoms with Gasteiger partial charge in [-0.2, -0.15) is 0 Å². The van der Waals surface area contributed by atoms with Crippen LogP contribution in [0, 0.1) is 0 Å². The minimum Gasteiger partial charge on any atom is -0.466 e. The van der Waals surface area contributed by atoms with Gasteiger partial charge in [0.2, 0.25) is 6.79 Å².